The van der Waals surface area contributed by atoms with E-state index in [-0.39, 0.29) is 6.03 Å². The van der Waals surface area contributed by atoms with E-state index in [1.807, 2.05) is 37.3 Å². The van der Waals surface area contributed by atoms with Gasteiger partial charge in [0.25, 0.3) is 0 Å². The Morgan fingerprint density at radius 1 is 1.17 bits per heavy atom. The molecule has 5 nitrogen and oxygen atoms in total. The average molecular weight is 345 g/mol. The number of nitrogens with zero attached hydrogens (tertiary/aromatic N) is 1. The van der Waals surface area contributed by atoms with Gasteiger partial charge in [0.2, 0.25) is 5.88 Å². The molecule has 6 heteroatoms. The molecule has 2 rings (SSSR count). The fraction of sp³-hybridized carbons (Fsp3) is 0.333. The Kier molecular flexibility index (Phi) is 7.97. The molecule has 1 aromatic heterocycles. The summed E-state index contributed by atoms with van der Waals surface area (Å²) >= 11 is 1.79. The topological polar surface area (TPSA) is 63.2 Å². The molecule has 0 spiro atoms. The van der Waals surface area contributed by atoms with Gasteiger partial charge in [-0.2, -0.15) is 0 Å². The Balaban J connectivity index is 1.62. The van der Waals surface area contributed by atoms with Gasteiger partial charge in [0, 0.05) is 29.7 Å². The Labute approximate surface area is 147 Å². The highest BCUT2D eigenvalue weighted by molar-refractivity contribution is 7.99. The van der Waals surface area contributed by atoms with E-state index in [1.54, 1.807) is 18.0 Å². The molecular weight excluding hydrogens is 322 g/mol. The van der Waals surface area contributed by atoms with Gasteiger partial charge in [0.15, 0.2) is 0 Å². The number of nitrogens with one attached hydrogen (secondary N) is 2. The van der Waals surface area contributed by atoms with Crippen molar-refractivity contribution >= 4 is 17.8 Å². The molecule has 2 N–H and O–H groups in total. The van der Waals surface area contributed by atoms with Crippen LogP contribution in [0.15, 0.2) is 53.6 Å². The van der Waals surface area contributed by atoms with E-state index < -0.39 is 0 Å². The molecule has 0 aliphatic rings. The molecule has 0 atom stereocenters. The molecule has 128 valence electrons. The van der Waals surface area contributed by atoms with Gasteiger partial charge >= 0.3 is 6.03 Å². The van der Waals surface area contributed by atoms with E-state index >= 15 is 0 Å². The van der Waals surface area contributed by atoms with E-state index in [2.05, 4.69) is 27.8 Å². The fourth-order valence-electron chi connectivity index (χ4n) is 2.04. The molecular formula is C18H23N3O2S. The first-order valence-corrected chi connectivity index (χ1v) is 9.04. The summed E-state index contributed by atoms with van der Waals surface area (Å²) in [5.41, 5.74) is 0.870. The Morgan fingerprint density at radius 2 is 2.00 bits per heavy atom. The quantitative estimate of drug-likeness (QED) is 0.540. The normalized spacial score (nSPS) is 10.2. The zero-order valence-electron chi connectivity index (χ0n) is 13.8. The van der Waals surface area contributed by atoms with Gasteiger partial charge < -0.3 is 15.4 Å². The number of urea groups is 1. The van der Waals surface area contributed by atoms with Gasteiger partial charge in [-0.15, -0.1) is 11.8 Å². The predicted octanol–water partition coefficient (Wildman–Crippen LogP) is 3.46. The van der Waals surface area contributed by atoms with Gasteiger partial charge in [-0.05, 0) is 37.3 Å². The van der Waals surface area contributed by atoms with Crippen LogP contribution in [0.2, 0.25) is 0 Å². The zero-order chi connectivity index (χ0) is 17.0. The highest BCUT2D eigenvalue weighted by Crippen LogP contribution is 2.17. The van der Waals surface area contributed by atoms with Crippen LogP contribution in [0.3, 0.4) is 0 Å². The fourth-order valence-corrected chi connectivity index (χ4v) is 2.92. The van der Waals surface area contributed by atoms with E-state index in [1.165, 1.54) is 4.90 Å². The number of pyridine rings is 1. The number of hydrogen-bond acceptors (Lipinski definition) is 4. The van der Waals surface area contributed by atoms with Crippen LogP contribution in [0.25, 0.3) is 0 Å². The molecule has 24 heavy (non-hydrogen) atoms. The van der Waals surface area contributed by atoms with Crippen molar-refractivity contribution in [1.29, 1.82) is 0 Å². The number of hydrogen-bond donors (Lipinski definition) is 2. The van der Waals surface area contributed by atoms with Crippen LogP contribution in [0, 0.1) is 0 Å². The van der Waals surface area contributed by atoms with Gasteiger partial charge in [0.05, 0.1) is 6.61 Å². The van der Waals surface area contributed by atoms with Gasteiger partial charge in [-0.1, -0.05) is 24.3 Å². The average Bonchev–Trinajstić information content (AvgIpc) is 2.62. The lowest BCUT2D eigenvalue weighted by atomic mass is 10.2. The molecule has 0 unspecified atom stereocenters. The van der Waals surface area contributed by atoms with Crippen molar-refractivity contribution in [1.82, 2.24) is 15.6 Å². The second-order valence-corrected chi connectivity index (χ2v) is 6.19. The number of thioether (sulfide) groups is 1. The molecule has 0 fully saturated rings. The highest BCUT2D eigenvalue weighted by Gasteiger charge is 2.06. The number of benzene rings is 1. The SMILES string of the molecule is CCOc1ncccc1CNC(=O)NCCCSc1ccccc1. The molecule has 2 aromatic rings. The molecule has 1 aromatic carbocycles. The van der Waals surface area contributed by atoms with Crippen LogP contribution in [-0.2, 0) is 6.54 Å². The van der Waals surface area contributed by atoms with Crippen LogP contribution in [0.5, 0.6) is 5.88 Å². The van der Waals surface area contributed by atoms with E-state index in [0.717, 1.165) is 17.7 Å². The van der Waals surface area contributed by atoms with E-state index in [4.69, 9.17) is 4.74 Å². The van der Waals surface area contributed by atoms with E-state index in [9.17, 15) is 4.79 Å². The van der Waals surface area contributed by atoms with Crippen molar-refractivity contribution in [2.24, 2.45) is 0 Å². The number of ether oxygens (including phenoxy) is 1. The summed E-state index contributed by atoms with van der Waals surface area (Å²) in [6, 6.07) is 13.8. The minimum atomic E-state index is -0.175. The maximum absolute atomic E-state index is 11.8. The summed E-state index contributed by atoms with van der Waals surface area (Å²) in [4.78, 5) is 17.2. The molecule has 0 saturated heterocycles. The summed E-state index contributed by atoms with van der Waals surface area (Å²) in [6.07, 6.45) is 2.60. The first-order chi connectivity index (χ1) is 11.8. The summed E-state index contributed by atoms with van der Waals surface area (Å²) in [7, 11) is 0. The van der Waals surface area contributed by atoms with Crippen molar-refractivity contribution in [2.45, 2.75) is 24.8 Å². The molecule has 0 aliphatic heterocycles. The minimum Gasteiger partial charge on any atom is -0.478 e. The maximum atomic E-state index is 11.8. The summed E-state index contributed by atoms with van der Waals surface area (Å²) in [6.45, 7) is 3.51. The third-order valence-corrected chi connectivity index (χ3v) is 4.29. The number of carbonyl (C=O) groups excluding carboxylic acids is 1. The van der Waals surface area contributed by atoms with Crippen molar-refractivity contribution in [3.8, 4) is 5.88 Å². The van der Waals surface area contributed by atoms with Gasteiger partial charge in [-0.25, -0.2) is 9.78 Å². The molecule has 0 aliphatic carbocycles. The van der Waals surface area contributed by atoms with Crippen molar-refractivity contribution in [3.63, 3.8) is 0 Å². The molecule has 1 heterocycles. The van der Waals surface area contributed by atoms with Gasteiger partial charge in [0.1, 0.15) is 0 Å². The highest BCUT2D eigenvalue weighted by atomic mass is 32.2. The number of rotatable bonds is 9. The van der Waals surface area contributed by atoms with E-state index in [0.29, 0.717) is 25.6 Å². The van der Waals surface area contributed by atoms with Crippen molar-refractivity contribution in [2.75, 3.05) is 18.9 Å². The lowest BCUT2D eigenvalue weighted by molar-refractivity contribution is 0.240. The minimum absolute atomic E-state index is 0.175. The molecule has 2 amide bonds. The first kappa shape index (κ1) is 18.1. The third kappa shape index (κ3) is 6.50. The smallest absolute Gasteiger partial charge is 0.315 e. The second kappa shape index (κ2) is 10.5. The van der Waals surface area contributed by atoms with Crippen LogP contribution < -0.4 is 15.4 Å². The lowest BCUT2D eigenvalue weighted by Gasteiger charge is -2.10. The summed E-state index contributed by atoms with van der Waals surface area (Å²) in [5.74, 6) is 1.54. The Hall–Kier alpha value is -2.21. The first-order valence-electron chi connectivity index (χ1n) is 8.06. The molecule has 0 bridgehead atoms. The summed E-state index contributed by atoms with van der Waals surface area (Å²) < 4.78 is 5.44. The third-order valence-electron chi connectivity index (χ3n) is 3.19. The van der Waals surface area contributed by atoms with Crippen LogP contribution in [0.4, 0.5) is 4.79 Å². The van der Waals surface area contributed by atoms with Gasteiger partial charge in [-0.3, -0.25) is 0 Å². The zero-order valence-corrected chi connectivity index (χ0v) is 14.6. The monoisotopic (exact) mass is 345 g/mol. The summed E-state index contributed by atoms with van der Waals surface area (Å²) in [5, 5.41) is 5.70. The maximum Gasteiger partial charge on any atom is 0.315 e. The Bertz CT molecular complexity index is 623. The molecule has 0 radical (unpaired) electrons. The van der Waals surface area contributed by atoms with Crippen LogP contribution in [-0.4, -0.2) is 29.9 Å². The van der Waals surface area contributed by atoms with Crippen LogP contribution in [0.1, 0.15) is 18.9 Å². The standard InChI is InChI=1S/C18H23N3O2S/c1-2-23-17-15(8-6-11-19-17)14-21-18(22)20-12-7-13-24-16-9-4-3-5-10-16/h3-6,8-11H,2,7,12-14H2,1H3,(H2,20,21,22). The second-order valence-electron chi connectivity index (χ2n) is 5.03. The lowest BCUT2D eigenvalue weighted by Crippen LogP contribution is -2.35. The van der Waals surface area contributed by atoms with Crippen LogP contribution >= 0.6 is 11.8 Å². The largest absolute Gasteiger partial charge is 0.478 e. The van der Waals surface area contributed by atoms with Crippen molar-refractivity contribution < 1.29 is 9.53 Å². The molecule has 0 saturated carbocycles. The number of aromatic nitrogens is 1. The van der Waals surface area contributed by atoms with Crippen molar-refractivity contribution in [3.05, 3.63) is 54.2 Å². The number of amides is 2. The predicted molar refractivity (Wildman–Crippen MR) is 97.4 cm³/mol. The Morgan fingerprint density at radius 3 is 2.79 bits per heavy atom. The number of carbonyl (C=O) groups is 1.